The van der Waals surface area contributed by atoms with Gasteiger partial charge >= 0.3 is 0 Å². The maximum absolute atomic E-state index is 11.8. The quantitative estimate of drug-likeness (QED) is 0.723. The lowest BCUT2D eigenvalue weighted by molar-refractivity contribution is -0.123. The molecule has 0 radical (unpaired) electrons. The highest BCUT2D eigenvalue weighted by molar-refractivity contribution is 6.30. The van der Waals surface area contributed by atoms with Crippen LogP contribution in [0.15, 0.2) is 48.5 Å². The highest BCUT2D eigenvalue weighted by Crippen LogP contribution is 2.24. The summed E-state index contributed by atoms with van der Waals surface area (Å²) in [7, 11) is 0. The molecule has 0 unspecified atom stereocenters. The van der Waals surface area contributed by atoms with Gasteiger partial charge in [-0.3, -0.25) is 4.79 Å². The molecule has 0 spiro atoms. The predicted octanol–water partition coefficient (Wildman–Crippen LogP) is 4.77. The Morgan fingerprint density at radius 2 is 1.68 bits per heavy atom. The van der Waals surface area contributed by atoms with E-state index in [0.717, 1.165) is 17.9 Å². The van der Waals surface area contributed by atoms with E-state index >= 15 is 0 Å². The lowest BCUT2D eigenvalue weighted by Crippen LogP contribution is -2.29. The zero-order valence-corrected chi connectivity index (χ0v) is 15.9. The Balaban J connectivity index is 1.66. The SMILES string of the molecule is CC(C)(C)c1ccc(OCC(=O)NCCCc2ccc(Cl)cc2)cc1. The Morgan fingerprint density at radius 1 is 1.04 bits per heavy atom. The van der Waals surface area contributed by atoms with E-state index in [2.05, 4.69) is 26.1 Å². The van der Waals surface area contributed by atoms with Gasteiger partial charge in [-0.15, -0.1) is 0 Å². The summed E-state index contributed by atoms with van der Waals surface area (Å²) in [6.07, 6.45) is 1.79. The Kier molecular flexibility index (Phi) is 6.89. The molecule has 0 saturated heterocycles. The standard InChI is InChI=1S/C21H26ClNO2/c1-21(2,3)17-8-12-19(13-9-17)25-15-20(24)23-14-4-5-16-6-10-18(22)11-7-16/h6-13H,4-5,14-15H2,1-3H3,(H,23,24). The van der Waals surface area contributed by atoms with Gasteiger partial charge < -0.3 is 10.1 Å². The normalized spacial score (nSPS) is 11.2. The van der Waals surface area contributed by atoms with E-state index in [0.29, 0.717) is 12.3 Å². The summed E-state index contributed by atoms with van der Waals surface area (Å²) in [6, 6.07) is 15.7. The minimum absolute atomic E-state index is 0.0375. The topological polar surface area (TPSA) is 38.3 Å². The van der Waals surface area contributed by atoms with E-state index in [9.17, 15) is 4.79 Å². The predicted molar refractivity (Wildman–Crippen MR) is 103 cm³/mol. The number of ether oxygens (including phenoxy) is 1. The second kappa shape index (κ2) is 8.91. The van der Waals surface area contributed by atoms with Crippen molar-refractivity contribution in [3.63, 3.8) is 0 Å². The summed E-state index contributed by atoms with van der Waals surface area (Å²) in [5.41, 5.74) is 2.57. The highest BCUT2D eigenvalue weighted by atomic mass is 35.5. The number of hydrogen-bond donors (Lipinski definition) is 1. The number of benzene rings is 2. The molecule has 2 rings (SSSR count). The molecule has 25 heavy (non-hydrogen) atoms. The van der Waals surface area contributed by atoms with Crippen LogP contribution in [-0.2, 0) is 16.6 Å². The molecule has 2 aromatic carbocycles. The largest absolute Gasteiger partial charge is 0.484 e. The van der Waals surface area contributed by atoms with Gasteiger partial charge in [-0.25, -0.2) is 0 Å². The number of hydrogen-bond acceptors (Lipinski definition) is 2. The summed E-state index contributed by atoms with van der Waals surface area (Å²) < 4.78 is 5.54. The molecule has 0 aliphatic heterocycles. The molecule has 0 bridgehead atoms. The van der Waals surface area contributed by atoms with Crippen LogP contribution in [0.2, 0.25) is 5.02 Å². The van der Waals surface area contributed by atoms with Gasteiger partial charge in [-0.2, -0.15) is 0 Å². The summed E-state index contributed by atoms with van der Waals surface area (Å²) in [5.74, 6) is 0.611. The molecule has 1 amide bonds. The van der Waals surface area contributed by atoms with Gasteiger partial charge in [0.1, 0.15) is 5.75 Å². The van der Waals surface area contributed by atoms with Crippen molar-refractivity contribution in [2.75, 3.05) is 13.2 Å². The van der Waals surface area contributed by atoms with Crippen molar-refractivity contribution in [1.82, 2.24) is 5.32 Å². The van der Waals surface area contributed by atoms with Crippen molar-refractivity contribution in [1.29, 1.82) is 0 Å². The van der Waals surface area contributed by atoms with Crippen LogP contribution in [0.5, 0.6) is 5.75 Å². The number of nitrogens with one attached hydrogen (secondary N) is 1. The van der Waals surface area contributed by atoms with Crippen molar-refractivity contribution in [3.05, 3.63) is 64.7 Å². The molecular formula is C21H26ClNO2. The highest BCUT2D eigenvalue weighted by Gasteiger charge is 2.13. The minimum Gasteiger partial charge on any atom is -0.484 e. The average Bonchev–Trinajstić information content (AvgIpc) is 2.58. The fourth-order valence-electron chi connectivity index (χ4n) is 2.42. The monoisotopic (exact) mass is 359 g/mol. The summed E-state index contributed by atoms with van der Waals surface area (Å²) >= 11 is 5.86. The van der Waals surface area contributed by atoms with E-state index in [-0.39, 0.29) is 17.9 Å². The Morgan fingerprint density at radius 3 is 2.28 bits per heavy atom. The molecule has 0 aliphatic carbocycles. The second-order valence-corrected chi connectivity index (χ2v) is 7.58. The van der Waals surface area contributed by atoms with Gasteiger partial charge in [0, 0.05) is 11.6 Å². The Bertz CT molecular complexity index is 673. The first-order valence-corrected chi connectivity index (χ1v) is 8.97. The van der Waals surface area contributed by atoms with Crippen molar-refractivity contribution in [3.8, 4) is 5.75 Å². The molecule has 0 heterocycles. The summed E-state index contributed by atoms with van der Waals surface area (Å²) in [4.78, 5) is 11.8. The average molecular weight is 360 g/mol. The van der Waals surface area contributed by atoms with Crippen LogP contribution in [0.25, 0.3) is 0 Å². The first-order valence-electron chi connectivity index (χ1n) is 8.59. The van der Waals surface area contributed by atoms with Gasteiger partial charge in [-0.05, 0) is 53.6 Å². The number of aryl methyl sites for hydroxylation is 1. The third-order valence-electron chi connectivity index (χ3n) is 3.97. The van der Waals surface area contributed by atoms with Crippen molar-refractivity contribution in [2.24, 2.45) is 0 Å². The summed E-state index contributed by atoms with van der Waals surface area (Å²) in [5, 5.41) is 3.62. The Hall–Kier alpha value is -2.00. The molecule has 0 atom stereocenters. The van der Waals surface area contributed by atoms with Crippen molar-refractivity contribution >= 4 is 17.5 Å². The molecular weight excluding hydrogens is 334 g/mol. The summed E-state index contributed by atoms with van der Waals surface area (Å²) in [6.45, 7) is 7.17. The van der Waals surface area contributed by atoms with Gasteiger partial charge in [-0.1, -0.05) is 56.6 Å². The van der Waals surface area contributed by atoms with Crippen LogP contribution in [0.3, 0.4) is 0 Å². The number of carbonyl (C=O) groups excluding carboxylic acids is 1. The third-order valence-corrected chi connectivity index (χ3v) is 4.22. The molecule has 134 valence electrons. The molecule has 3 nitrogen and oxygen atoms in total. The molecule has 1 N–H and O–H groups in total. The number of halogens is 1. The Labute approximate surface area is 155 Å². The van der Waals surface area contributed by atoms with Gasteiger partial charge in [0.15, 0.2) is 6.61 Å². The fraction of sp³-hybridized carbons (Fsp3) is 0.381. The number of amides is 1. The van der Waals surface area contributed by atoms with Gasteiger partial charge in [0.2, 0.25) is 0 Å². The van der Waals surface area contributed by atoms with E-state index in [1.807, 2.05) is 48.5 Å². The lowest BCUT2D eigenvalue weighted by Gasteiger charge is -2.19. The van der Waals surface area contributed by atoms with E-state index in [4.69, 9.17) is 16.3 Å². The maximum Gasteiger partial charge on any atom is 0.257 e. The van der Waals surface area contributed by atoms with Crippen LogP contribution in [0, 0.1) is 0 Å². The second-order valence-electron chi connectivity index (χ2n) is 7.14. The first kappa shape index (κ1) is 19.3. The van der Waals surface area contributed by atoms with E-state index in [1.165, 1.54) is 11.1 Å². The zero-order valence-electron chi connectivity index (χ0n) is 15.1. The van der Waals surface area contributed by atoms with Crippen LogP contribution in [-0.4, -0.2) is 19.1 Å². The molecule has 4 heteroatoms. The van der Waals surface area contributed by atoms with Crippen LogP contribution in [0.4, 0.5) is 0 Å². The van der Waals surface area contributed by atoms with Gasteiger partial charge in [0.25, 0.3) is 5.91 Å². The molecule has 0 fully saturated rings. The lowest BCUT2D eigenvalue weighted by atomic mass is 9.87. The van der Waals surface area contributed by atoms with Crippen LogP contribution >= 0.6 is 11.6 Å². The van der Waals surface area contributed by atoms with Crippen molar-refractivity contribution < 1.29 is 9.53 Å². The first-order chi connectivity index (χ1) is 11.8. The molecule has 0 aliphatic rings. The minimum atomic E-state index is -0.101. The third kappa shape index (κ3) is 6.79. The fourth-order valence-corrected chi connectivity index (χ4v) is 2.55. The zero-order chi connectivity index (χ0) is 18.3. The van der Waals surface area contributed by atoms with Crippen LogP contribution < -0.4 is 10.1 Å². The van der Waals surface area contributed by atoms with E-state index < -0.39 is 0 Å². The van der Waals surface area contributed by atoms with E-state index in [1.54, 1.807) is 0 Å². The van der Waals surface area contributed by atoms with Crippen LogP contribution in [0.1, 0.15) is 38.3 Å². The van der Waals surface area contributed by atoms with Crippen molar-refractivity contribution in [2.45, 2.75) is 39.0 Å². The number of carbonyl (C=O) groups is 1. The maximum atomic E-state index is 11.8. The number of rotatable bonds is 7. The molecule has 2 aromatic rings. The molecule has 0 saturated carbocycles. The van der Waals surface area contributed by atoms with Gasteiger partial charge in [0.05, 0.1) is 0 Å². The molecule has 0 aromatic heterocycles. The smallest absolute Gasteiger partial charge is 0.257 e.